The molecule has 1 saturated carbocycles. The van der Waals surface area contributed by atoms with E-state index in [9.17, 15) is 0 Å². The molecule has 0 N–H and O–H groups in total. The van der Waals surface area contributed by atoms with E-state index >= 15 is 0 Å². The molecular weight excluding hydrogens is 192 g/mol. The van der Waals surface area contributed by atoms with Gasteiger partial charge in [0.1, 0.15) is 0 Å². The molecule has 0 radical (unpaired) electrons. The maximum atomic E-state index is 2.31. The molecule has 0 saturated heterocycles. The van der Waals surface area contributed by atoms with Crippen molar-refractivity contribution in [2.45, 2.75) is 101 Å². The molecule has 0 spiro atoms. The van der Waals surface area contributed by atoms with E-state index in [4.69, 9.17) is 0 Å². The molecule has 0 bridgehead atoms. The van der Waals surface area contributed by atoms with Gasteiger partial charge in [-0.1, -0.05) is 101 Å². The Hall–Kier alpha value is 0. The Labute approximate surface area is 107 Å². The molecule has 104 valence electrons. The monoisotopic (exact) mass is 232 g/mol. The van der Waals surface area contributed by atoms with E-state index in [-0.39, 0.29) is 0 Å². The maximum absolute atomic E-state index is 2.31. The summed E-state index contributed by atoms with van der Waals surface area (Å²) in [6, 6.07) is 0. The lowest BCUT2D eigenvalue weighted by Gasteiger charge is -2.18. The van der Waals surface area contributed by atoms with Gasteiger partial charge in [-0.15, -0.1) is 0 Å². The van der Waals surface area contributed by atoms with Gasteiger partial charge in [0.25, 0.3) is 0 Å². The molecule has 0 aliphatic heterocycles. The molecule has 0 amide bonds. The fourth-order valence-electron chi connectivity index (χ4n) is 0.612. The largest absolute Gasteiger partial charge is 0.0683 e. The third-order valence-electron chi connectivity index (χ3n) is 1.89. The van der Waals surface area contributed by atoms with Gasteiger partial charge in [-0.2, -0.15) is 0 Å². The van der Waals surface area contributed by atoms with Crippen molar-refractivity contribution in [1.82, 2.24) is 0 Å². The zero-order valence-electron chi connectivity index (χ0n) is 13.8. The molecule has 0 heterocycles. The van der Waals surface area contributed by atoms with Crippen LogP contribution in [0, 0.1) is 5.92 Å². The van der Waals surface area contributed by atoms with E-state index < -0.39 is 0 Å². The summed E-state index contributed by atoms with van der Waals surface area (Å²) >= 11 is 0. The zero-order valence-corrected chi connectivity index (χ0v) is 13.8. The molecule has 1 rings (SSSR count). The minimum absolute atomic E-state index is 1.06. The highest BCUT2D eigenvalue weighted by molar-refractivity contribution is 4.62. The standard InChI is InChI=1S/C5H10.C4H10.C3H8.2C2H6/c1-5-3-2-4-5;1-3-4-2;1-3-2;2*1-2/h5H,2-4H2,1H3;3-4H2,1-2H3;3H2,1-2H3;2*1-2H3. The Morgan fingerprint density at radius 1 is 0.750 bits per heavy atom. The highest BCUT2D eigenvalue weighted by Crippen LogP contribution is 2.24. The van der Waals surface area contributed by atoms with Crippen LogP contribution >= 0.6 is 0 Å². The predicted molar refractivity (Wildman–Crippen MR) is 82.3 cm³/mol. The molecule has 0 aromatic carbocycles. The Bertz CT molecular complexity index is 51.1. The first-order valence-corrected chi connectivity index (χ1v) is 7.72. The van der Waals surface area contributed by atoms with Crippen LogP contribution in [0.1, 0.15) is 101 Å². The van der Waals surface area contributed by atoms with E-state index in [2.05, 4.69) is 34.6 Å². The Morgan fingerprint density at radius 2 is 0.938 bits per heavy atom. The second-order valence-electron chi connectivity index (χ2n) is 3.74. The van der Waals surface area contributed by atoms with Crippen LogP contribution in [-0.4, -0.2) is 0 Å². The first-order chi connectivity index (χ1) is 7.72. The van der Waals surface area contributed by atoms with Crippen LogP contribution in [0.25, 0.3) is 0 Å². The molecule has 16 heavy (non-hydrogen) atoms. The van der Waals surface area contributed by atoms with Crippen molar-refractivity contribution in [2.75, 3.05) is 0 Å². The van der Waals surface area contributed by atoms with Crippen LogP contribution in [0.15, 0.2) is 0 Å². The van der Waals surface area contributed by atoms with E-state index in [0.29, 0.717) is 0 Å². The van der Waals surface area contributed by atoms with E-state index in [0.717, 1.165) is 5.92 Å². The van der Waals surface area contributed by atoms with Gasteiger partial charge in [0, 0.05) is 0 Å². The molecule has 0 atom stereocenters. The van der Waals surface area contributed by atoms with Gasteiger partial charge in [-0.05, 0) is 5.92 Å². The van der Waals surface area contributed by atoms with Crippen molar-refractivity contribution >= 4 is 0 Å². The van der Waals surface area contributed by atoms with Crippen LogP contribution < -0.4 is 0 Å². The Kier molecular flexibility index (Phi) is 56.7. The number of rotatable bonds is 1. The minimum Gasteiger partial charge on any atom is -0.0683 e. The van der Waals surface area contributed by atoms with E-state index in [1.165, 1.54) is 38.5 Å². The van der Waals surface area contributed by atoms with Crippen LogP contribution in [0.4, 0.5) is 0 Å². The second kappa shape index (κ2) is 36.3. The van der Waals surface area contributed by atoms with Crippen molar-refractivity contribution in [2.24, 2.45) is 5.92 Å². The number of hydrogen-bond donors (Lipinski definition) is 0. The summed E-state index contributed by atoms with van der Waals surface area (Å²) < 4.78 is 0. The summed E-state index contributed by atoms with van der Waals surface area (Å²) in [5.74, 6) is 1.06. The molecule has 0 nitrogen and oxygen atoms in total. The van der Waals surface area contributed by atoms with Gasteiger partial charge in [0.15, 0.2) is 0 Å². The molecule has 1 aliphatic rings. The van der Waals surface area contributed by atoms with Crippen LogP contribution in [0.5, 0.6) is 0 Å². The molecule has 1 fully saturated rings. The van der Waals surface area contributed by atoms with Crippen LogP contribution in [-0.2, 0) is 0 Å². The normalized spacial score (nSPS) is 11.8. The Balaban J connectivity index is -0.0000000601. The predicted octanol–water partition coefficient (Wildman–Crippen LogP) is 7.08. The van der Waals surface area contributed by atoms with Crippen LogP contribution in [0.3, 0.4) is 0 Å². The molecule has 0 unspecified atom stereocenters. The SMILES string of the molecule is CC.CC.CC1CCC1.CCC.CCCC. The third-order valence-corrected chi connectivity index (χ3v) is 1.89. The van der Waals surface area contributed by atoms with E-state index in [1.54, 1.807) is 0 Å². The highest BCUT2D eigenvalue weighted by atomic mass is 14.1. The average molecular weight is 232 g/mol. The van der Waals surface area contributed by atoms with Gasteiger partial charge in [0.05, 0.1) is 0 Å². The van der Waals surface area contributed by atoms with Gasteiger partial charge >= 0.3 is 0 Å². The fraction of sp³-hybridized carbons (Fsp3) is 1.00. The quantitative estimate of drug-likeness (QED) is 0.453. The van der Waals surface area contributed by atoms with Gasteiger partial charge < -0.3 is 0 Å². The average Bonchev–Trinajstić information content (AvgIpc) is 2.33. The maximum Gasteiger partial charge on any atom is -0.0443 e. The van der Waals surface area contributed by atoms with Crippen molar-refractivity contribution in [3.8, 4) is 0 Å². The van der Waals surface area contributed by atoms with Crippen molar-refractivity contribution in [3.63, 3.8) is 0 Å². The van der Waals surface area contributed by atoms with Gasteiger partial charge in [-0.25, -0.2) is 0 Å². The second-order valence-corrected chi connectivity index (χ2v) is 3.74. The molecule has 0 aromatic rings. The Morgan fingerprint density at radius 3 is 0.938 bits per heavy atom. The topological polar surface area (TPSA) is 0 Å². The third kappa shape index (κ3) is 48.3. The van der Waals surface area contributed by atoms with Crippen molar-refractivity contribution < 1.29 is 0 Å². The summed E-state index contributed by atoms with van der Waals surface area (Å²) in [6.45, 7) is 18.9. The summed E-state index contributed by atoms with van der Waals surface area (Å²) in [5.41, 5.74) is 0. The summed E-state index contributed by atoms with van der Waals surface area (Å²) in [6.07, 6.45) is 8.35. The highest BCUT2D eigenvalue weighted by Gasteiger charge is 2.09. The first kappa shape index (κ1) is 25.0. The minimum atomic E-state index is 1.06. The summed E-state index contributed by atoms with van der Waals surface area (Å²) in [7, 11) is 0. The summed E-state index contributed by atoms with van der Waals surface area (Å²) in [4.78, 5) is 0. The number of unbranched alkanes of at least 4 members (excludes halogenated alkanes) is 1. The van der Waals surface area contributed by atoms with E-state index in [1.807, 2.05) is 27.7 Å². The van der Waals surface area contributed by atoms with Gasteiger partial charge in [-0.3, -0.25) is 0 Å². The fourth-order valence-corrected chi connectivity index (χ4v) is 0.612. The van der Waals surface area contributed by atoms with Crippen molar-refractivity contribution in [3.05, 3.63) is 0 Å². The van der Waals surface area contributed by atoms with Crippen LogP contribution in [0.2, 0.25) is 0 Å². The summed E-state index contributed by atoms with van der Waals surface area (Å²) in [5, 5.41) is 0. The van der Waals surface area contributed by atoms with Gasteiger partial charge in [0.2, 0.25) is 0 Å². The molecule has 0 heteroatoms. The number of hydrogen-bond acceptors (Lipinski definition) is 0. The lowest BCUT2D eigenvalue weighted by atomic mass is 9.88. The molecular formula is C16H40. The smallest absolute Gasteiger partial charge is 0.0443 e. The molecule has 1 aliphatic carbocycles. The first-order valence-electron chi connectivity index (χ1n) is 7.72. The lowest BCUT2D eigenvalue weighted by molar-refractivity contribution is 0.346. The van der Waals surface area contributed by atoms with Crippen molar-refractivity contribution in [1.29, 1.82) is 0 Å². The zero-order chi connectivity index (χ0) is 13.8. The molecule has 0 aromatic heterocycles. The lowest BCUT2D eigenvalue weighted by Crippen LogP contribution is -2.04.